The second-order valence-electron chi connectivity index (χ2n) is 7.14. The fraction of sp³-hybridized carbons (Fsp3) is 0.667. The lowest BCUT2D eigenvalue weighted by atomic mass is 9.61. The molecule has 4 atom stereocenters. The van der Waals surface area contributed by atoms with E-state index in [-0.39, 0.29) is 24.6 Å². The van der Waals surface area contributed by atoms with Crippen LogP contribution in [-0.4, -0.2) is 41.6 Å². The molecule has 0 aromatic heterocycles. The fourth-order valence-corrected chi connectivity index (χ4v) is 4.78. The number of hydrogen-bond acceptors (Lipinski definition) is 5. The number of hydrogen-bond donors (Lipinski definition) is 1. The summed E-state index contributed by atoms with van der Waals surface area (Å²) in [6.07, 6.45) is 1.99. The maximum absolute atomic E-state index is 12.7. The molecule has 2 spiro atoms. The summed E-state index contributed by atoms with van der Waals surface area (Å²) in [4.78, 5) is 36.4. The van der Waals surface area contributed by atoms with Crippen LogP contribution in [0.15, 0.2) is 11.6 Å². The summed E-state index contributed by atoms with van der Waals surface area (Å²) in [7, 11) is 0. The van der Waals surface area contributed by atoms with Crippen molar-refractivity contribution in [2.45, 2.75) is 25.9 Å². The molecule has 0 aromatic rings. The largest absolute Gasteiger partial charge is 0.478 e. The van der Waals surface area contributed by atoms with Crippen LogP contribution in [0.4, 0.5) is 0 Å². The van der Waals surface area contributed by atoms with Gasteiger partial charge in [-0.25, -0.2) is 9.59 Å². The Morgan fingerprint density at radius 3 is 2.62 bits per heavy atom. The molecule has 2 saturated heterocycles. The number of allylic oxidation sites excluding steroid dienone is 1. The lowest BCUT2D eigenvalue weighted by Gasteiger charge is -2.44. The van der Waals surface area contributed by atoms with Gasteiger partial charge in [-0.3, -0.25) is 4.79 Å². The van der Waals surface area contributed by atoms with Crippen LogP contribution in [0.2, 0.25) is 0 Å². The van der Waals surface area contributed by atoms with Gasteiger partial charge in [-0.2, -0.15) is 0 Å². The normalized spacial score (nSPS) is 45.9. The third kappa shape index (κ3) is 1.22. The van der Waals surface area contributed by atoms with Crippen LogP contribution in [0.25, 0.3) is 0 Å². The molecule has 0 aromatic carbocycles. The topological polar surface area (TPSA) is 93.2 Å². The zero-order valence-electron chi connectivity index (χ0n) is 11.8. The molecule has 112 valence electrons. The van der Waals surface area contributed by atoms with Crippen molar-refractivity contribution in [1.29, 1.82) is 0 Å². The minimum absolute atomic E-state index is 0.00618. The SMILES string of the molecule is CC1(C)CC23[C@H](C=C(C(=O)O)[C@@H]2COC(=O)[C@]32CO2)C1=O. The first-order valence-electron chi connectivity index (χ1n) is 7.07. The van der Waals surface area contributed by atoms with E-state index in [4.69, 9.17) is 9.47 Å². The van der Waals surface area contributed by atoms with Crippen molar-refractivity contribution in [1.82, 2.24) is 0 Å². The maximum atomic E-state index is 12.7. The standard InChI is InChI=1S/C15H16O6/c1-13(2)5-14-8(10(13)16)3-7(11(17)18)9(14)4-20-12(19)15(14)6-21-15/h3,8-9H,4-6H2,1-2H3,(H,17,18)/t8-,9+,14?,15-/m1/s1. The highest BCUT2D eigenvalue weighted by molar-refractivity contribution is 6.00. The molecule has 2 aliphatic heterocycles. The Labute approximate surface area is 121 Å². The number of carboxylic acid groups (broad SMARTS) is 1. The summed E-state index contributed by atoms with van der Waals surface area (Å²) in [6, 6.07) is 0. The van der Waals surface area contributed by atoms with Gasteiger partial charge in [0.05, 0.1) is 13.2 Å². The number of ketones is 1. The van der Waals surface area contributed by atoms with Gasteiger partial charge < -0.3 is 14.6 Å². The number of Topliss-reactive ketones (excluding diaryl/α,β-unsaturated/α-hetero) is 1. The van der Waals surface area contributed by atoms with Gasteiger partial charge in [-0.05, 0) is 6.42 Å². The molecule has 1 saturated carbocycles. The monoisotopic (exact) mass is 292 g/mol. The number of aliphatic carboxylic acids is 1. The fourth-order valence-electron chi connectivity index (χ4n) is 4.78. The number of carbonyl (C=O) groups excluding carboxylic acids is 2. The van der Waals surface area contributed by atoms with Crippen molar-refractivity contribution in [3.8, 4) is 0 Å². The van der Waals surface area contributed by atoms with E-state index in [0.717, 1.165) is 0 Å². The summed E-state index contributed by atoms with van der Waals surface area (Å²) in [5.41, 5.74) is -2.31. The Hall–Kier alpha value is -1.69. The van der Waals surface area contributed by atoms with Gasteiger partial charge in [0.2, 0.25) is 0 Å². The number of epoxide rings is 1. The molecule has 2 heterocycles. The number of ether oxygens (including phenoxy) is 2. The van der Waals surface area contributed by atoms with E-state index in [1.54, 1.807) is 0 Å². The molecule has 4 rings (SSSR count). The lowest BCUT2D eigenvalue weighted by Crippen LogP contribution is -2.56. The average Bonchev–Trinajstić information content (AvgIpc) is 3.08. The molecule has 0 bridgehead atoms. The smallest absolute Gasteiger partial charge is 0.341 e. The second-order valence-corrected chi connectivity index (χ2v) is 7.14. The van der Waals surface area contributed by atoms with E-state index in [9.17, 15) is 19.5 Å². The van der Waals surface area contributed by atoms with Crippen molar-refractivity contribution in [3.63, 3.8) is 0 Å². The van der Waals surface area contributed by atoms with Gasteiger partial charge in [0, 0.05) is 28.2 Å². The van der Waals surface area contributed by atoms with Gasteiger partial charge in [0.1, 0.15) is 5.78 Å². The molecule has 4 aliphatic rings. The van der Waals surface area contributed by atoms with E-state index < -0.39 is 40.2 Å². The highest BCUT2D eigenvalue weighted by Gasteiger charge is 2.81. The third-order valence-electron chi connectivity index (χ3n) is 5.73. The van der Waals surface area contributed by atoms with Crippen molar-refractivity contribution in [3.05, 3.63) is 11.6 Å². The van der Waals surface area contributed by atoms with Crippen LogP contribution in [0.1, 0.15) is 20.3 Å². The molecule has 1 N–H and O–H groups in total. The minimum atomic E-state index is -1.13. The van der Waals surface area contributed by atoms with E-state index in [1.807, 2.05) is 13.8 Å². The Kier molecular flexibility index (Phi) is 2.09. The molecule has 0 amide bonds. The highest BCUT2D eigenvalue weighted by atomic mass is 16.6. The minimum Gasteiger partial charge on any atom is -0.478 e. The van der Waals surface area contributed by atoms with E-state index in [0.29, 0.717) is 6.42 Å². The van der Waals surface area contributed by atoms with E-state index >= 15 is 0 Å². The Morgan fingerprint density at radius 2 is 2.05 bits per heavy atom. The number of carboxylic acids is 1. The van der Waals surface area contributed by atoms with Crippen molar-refractivity contribution in [2.75, 3.05) is 13.2 Å². The third-order valence-corrected chi connectivity index (χ3v) is 5.73. The molecule has 1 unspecified atom stereocenters. The van der Waals surface area contributed by atoms with Crippen LogP contribution in [0.3, 0.4) is 0 Å². The van der Waals surface area contributed by atoms with Crippen LogP contribution in [0, 0.1) is 22.7 Å². The molecule has 2 aliphatic carbocycles. The zero-order valence-corrected chi connectivity index (χ0v) is 11.8. The summed E-state index contributed by atoms with van der Waals surface area (Å²) in [5, 5.41) is 9.42. The summed E-state index contributed by atoms with van der Waals surface area (Å²) in [6.45, 7) is 3.93. The van der Waals surface area contributed by atoms with Crippen molar-refractivity contribution < 1.29 is 29.0 Å². The molecule has 6 nitrogen and oxygen atoms in total. The second kappa shape index (κ2) is 3.38. The van der Waals surface area contributed by atoms with Crippen LogP contribution < -0.4 is 0 Å². The van der Waals surface area contributed by atoms with Crippen LogP contribution in [-0.2, 0) is 23.9 Å². The Bertz CT molecular complexity index is 626. The van der Waals surface area contributed by atoms with E-state index in [2.05, 4.69) is 0 Å². The van der Waals surface area contributed by atoms with Crippen LogP contribution >= 0.6 is 0 Å². The molecule has 3 fully saturated rings. The van der Waals surface area contributed by atoms with E-state index in [1.165, 1.54) is 6.08 Å². The first kappa shape index (κ1) is 13.0. The quantitative estimate of drug-likeness (QED) is 0.560. The Balaban J connectivity index is 1.93. The van der Waals surface area contributed by atoms with Crippen LogP contribution in [0.5, 0.6) is 0 Å². The highest BCUT2D eigenvalue weighted by Crippen LogP contribution is 2.70. The number of rotatable bonds is 1. The first-order valence-corrected chi connectivity index (χ1v) is 7.07. The molecular formula is C15H16O6. The molecule has 0 radical (unpaired) electrons. The average molecular weight is 292 g/mol. The molecular weight excluding hydrogens is 276 g/mol. The predicted molar refractivity (Wildman–Crippen MR) is 68.2 cm³/mol. The van der Waals surface area contributed by atoms with Crippen molar-refractivity contribution >= 4 is 17.7 Å². The zero-order chi connectivity index (χ0) is 15.2. The summed E-state index contributed by atoms with van der Waals surface area (Å²) < 4.78 is 10.7. The van der Waals surface area contributed by atoms with Gasteiger partial charge in [0.15, 0.2) is 5.60 Å². The predicted octanol–water partition coefficient (Wildman–Crippen LogP) is 0.555. The van der Waals surface area contributed by atoms with Gasteiger partial charge in [-0.15, -0.1) is 0 Å². The number of carbonyl (C=O) groups is 3. The van der Waals surface area contributed by atoms with Crippen molar-refractivity contribution in [2.24, 2.45) is 22.7 Å². The lowest BCUT2D eigenvalue weighted by molar-refractivity contribution is -0.174. The van der Waals surface area contributed by atoms with Gasteiger partial charge in [-0.1, -0.05) is 19.9 Å². The maximum Gasteiger partial charge on any atom is 0.341 e. The van der Waals surface area contributed by atoms with Gasteiger partial charge in [0.25, 0.3) is 0 Å². The number of cyclic esters (lactones) is 1. The molecule has 6 heteroatoms. The molecule has 21 heavy (non-hydrogen) atoms. The number of esters is 1. The first-order chi connectivity index (χ1) is 9.76. The summed E-state index contributed by atoms with van der Waals surface area (Å²) in [5.74, 6) is -2.54. The summed E-state index contributed by atoms with van der Waals surface area (Å²) >= 11 is 0. The Morgan fingerprint density at radius 1 is 1.38 bits per heavy atom. The van der Waals surface area contributed by atoms with Gasteiger partial charge >= 0.3 is 11.9 Å².